The molecule has 0 radical (unpaired) electrons. The number of nitrogens with zero attached hydrogens (tertiary/aromatic N) is 1. The second kappa shape index (κ2) is 6.93. The minimum atomic E-state index is 0.448. The van der Waals surface area contributed by atoms with Crippen LogP contribution < -0.4 is 5.32 Å². The molecule has 0 aliphatic carbocycles. The van der Waals surface area contributed by atoms with Crippen molar-refractivity contribution >= 4 is 0 Å². The molecule has 1 heterocycles. The zero-order valence-electron chi connectivity index (χ0n) is 14.5. The number of benzene rings is 1. The molecular formula is C19H32N2. The molecule has 2 rings (SSSR count). The molecule has 2 heteroatoms. The maximum absolute atomic E-state index is 3.70. The van der Waals surface area contributed by atoms with Gasteiger partial charge in [-0.25, -0.2) is 0 Å². The van der Waals surface area contributed by atoms with E-state index in [9.17, 15) is 0 Å². The number of aryl methyl sites for hydroxylation is 2. The molecule has 118 valence electrons. The van der Waals surface area contributed by atoms with Gasteiger partial charge in [0, 0.05) is 19.1 Å². The summed E-state index contributed by atoms with van der Waals surface area (Å²) in [6, 6.07) is 7.28. The molecule has 1 aromatic carbocycles. The van der Waals surface area contributed by atoms with E-state index in [1.54, 1.807) is 0 Å². The molecule has 0 bridgehead atoms. The Bertz CT molecular complexity index is 465. The van der Waals surface area contributed by atoms with Crippen LogP contribution in [0.3, 0.4) is 0 Å². The van der Waals surface area contributed by atoms with Gasteiger partial charge in [-0.1, -0.05) is 44.5 Å². The van der Waals surface area contributed by atoms with Crippen molar-refractivity contribution in [3.8, 4) is 0 Å². The summed E-state index contributed by atoms with van der Waals surface area (Å²) in [6.45, 7) is 16.1. The van der Waals surface area contributed by atoms with Crippen LogP contribution in [0.4, 0.5) is 0 Å². The molecule has 1 N–H and O–H groups in total. The molecule has 1 aliphatic heterocycles. The predicted molar refractivity (Wildman–Crippen MR) is 91.8 cm³/mol. The molecule has 1 aliphatic rings. The molecule has 1 fully saturated rings. The van der Waals surface area contributed by atoms with Crippen LogP contribution in [0.25, 0.3) is 0 Å². The quantitative estimate of drug-likeness (QED) is 0.878. The van der Waals surface area contributed by atoms with Crippen molar-refractivity contribution in [3.63, 3.8) is 0 Å². The van der Waals surface area contributed by atoms with Gasteiger partial charge >= 0.3 is 0 Å². The van der Waals surface area contributed by atoms with E-state index in [1.807, 2.05) is 0 Å². The Morgan fingerprint density at radius 3 is 2.71 bits per heavy atom. The second-order valence-electron chi connectivity index (χ2n) is 7.47. The van der Waals surface area contributed by atoms with Crippen LogP contribution in [0.1, 0.15) is 56.3 Å². The first-order valence-electron chi connectivity index (χ1n) is 8.44. The SMILES string of the molecule is CCNC(CN1CCCC(C)(C)C1)c1cc(C)ccc1C. The average Bonchev–Trinajstić information content (AvgIpc) is 2.40. The Kier molecular flexibility index (Phi) is 5.45. The molecule has 21 heavy (non-hydrogen) atoms. The largest absolute Gasteiger partial charge is 0.309 e. The Hall–Kier alpha value is -0.860. The molecule has 0 amide bonds. The van der Waals surface area contributed by atoms with Gasteiger partial charge in [0.05, 0.1) is 0 Å². The summed E-state index contributed by atoms with van der Waals surface area (Å²) in [7, 11) is 0. The molecule has 1 aromatic rings. The fourth-order valence-corrected chi connectivity index (χ4v) is 3.61. The van der Waals surface area contributed by atoms with Crippen LogP contribution >= 0.6 is 0 Å². The Balaban J connectivity index is 2.13. The highest BCUT2D eigenvalue weighted by Crippen LogP contribution is 2.30. The van der Waals surface area contributed by atoms with Gasteiger partial charge in [0.1, 0.15) is 0 Å². The number of piperidine rings is 1. The number of hydrogen-bond donors (Lipinski definition) is 1. The second-order valence-corrected chi connectivity index (χ2v) is 7.47. The summed E-state index contributed by atoms with van der Waals surface area (Å²) >= 11 is 0. The van der Waals surface area contributed by atoms with Crippen LogP contribution in [-0.4, -0.2) is 31.1 Å². The number of likely N-dealkylation sites (tertiary alicyclic amines) is 1. The fourth-order valence-electron chi connectivity index (χ4n) is 3.61. The molecule has 0 aromatic heterocycles. The van der Waals surface area contributed by atoms with Gasteiger partial charge in [0.15, 0.2) is 0 Å². The van der Waals surface area contributed by atoms with E-state index in [-0.39, 0.29) is 0 Å². The van der Waals surface area contributed by atoms with E-state index in [1.165, 1.54) is 42.6 Å². The normalized spacial score (nSPS) is 20.4. The van der Waals surface area contributed by atoms with Gasteiger partial charge < -0.3 is 10.2 Å². The van der Waals surface area contributed by atoms with Crippen LogP contribution in [0, 0.1) is 19.3 Å². The van der Waals surface area contributed by atoms with Gasteiger partial charge in [-0.2, -0.15) is 0 Å². The summed E-state index contributed by atoms with van der Waals surface area (Å²) < 4.78 is 0. The topological polar surface area (TPSA) is 15.3 Å². The molecule has 1 atom stereocenters. The third-order valence-electron chi connectivity index (χ3n) is 4.68. The first-order chi connectivity index (χ1) is 9.91. The van der Waals surface area contributed by atoms with Gasteiger partial charge in [0.25, 0.3) is 0 Å². The van der Waals surface area contributed by atoms with Gasteiger partial charge in [-0.15, -0.1) is 0 Å². The van der Waals surface area contributed by atoms with E-state index in [0.29, 0.717) is 11.5 Å². The molecule has 0 saturated carbocycles. The lowest BCUT2D eigenvalue weighted by molar-refractivity contribution is 0.107. The average molecular weight is 288 g/mol. The third-order valence-corrected chi connectivity index (χ3v) is 4.68. The van der Waals surface area contributed by atoms with Crippen molar-refractivity contribution in [2.45, 2.75) is 53.5 Å². The number of likely N-dealkylation sites (N-methyl/N-ethyl adjacent to an activating group) is 1. The standard InChI is InChI=1S/C19H32N2/c1-6-20-18(17-12-15(2)8-9-16(17)3)13-21-11-7-10-19(4,5)14-21/h8-9,12,18,20H,6-7,10-11,13-14H2,1-5H3. The highest BCUT2D eigenvalue weighted by molar-refractivity contribution is 5.33. The molecule has 0 spiro atoms. The van der Waals surface area contributed by atoms with Crippen LogP contribution in [0.15, 0.2) is 18.2 Å². The lowest BCUT2D eigenvalue weighted by Crippen LogP contribution is -2.44. The van der Waals surface area contributed by atoms with Crippen LogP contribution in [0.5, 0.6) is 0 Å². The molecular weight excluding hydrogens is 256 g/mol. The van der Waals surface area contributed by atoms with E-state index in [4.69, 9.17) is 0 Å². The van der Waals surface area contributed by atoms with Gasteiger partial charge in [0.2, 0.25) is 0 Å². The minimum absolute atomic E-state index is 0.448. The maximum atomic E-state index is 3.70. The first-order valence-corrected chi connectivity index (χ1v) is 8.44. The van der Waals surface area contributed by atoms with Crippen molar-refractivity contribution in [1.82, 2.24) is 10.2 Å². The van der Waals surface area contributed by atoms with Gasteiger partial charge in [-0.3, -0.25) is 0 Å². The maximum Gasteiger partial charge on any atom is 0.0451 e. The summed E-state index contributed by atoms with van der Waals surface area (Å²) in [5, 5.41) is 3.70. The number of nitrogens with one attached hydrogen (secondary N) is 1. The van der Waals surface area contributed by atoms with Crippen molar-refractivity contribution < 1.29 is 0 Å². The van der Waals surface area contributed by atoms with Crippen LogP contribution in [0.2, 0.25) is 0 Å². The van der Waals surface area contributed by atoms with Crippen LogP contribution in [-0.2, 0) is 0 Å². The summed E-state index contributed by atoms with van der Waals surface area (Å²) in [4.78, 5) is 2.65. The highest BCUT2D eigenvalue weighted by Gasteiger charge is 2.28. The smallest absolute Gasteiger partial charge is 0.0451 e. The lowest BCUT2D eigenvalue weighted by atomic mass is 9.84. The Morgan fingerprint density at radius 2 is 2.05 bits per heavy atom. The number of hydrogen-bond acceptors (Lipinski definition) is 2. The highest BCUT2D eigenvalue weighted by atomic mass is 15.2. The Labute approximate surface area is 130 Å². The van der Waals surface area contributed by atoms with Gasteiger partial charge in [-0.05, 0) is 56.3 Å². The summed E-state index contributed by atoms with van der Waals surface area (Å²) in [5.41, 5.74) is 4.71. The summed E-state index contributed by atoms with van der Waals surface area (Å²) in [6.07, 6.45) is 2.69. The summed E-state index contributed by atoms with van der Waals surface area (Å²) in [5.74, 6) is 0. The molecule has 1 unspecified atom stereocenters. The van der Waals surface area contributed by atoms with Crippen molar-refractivity contribution in [3.05, 3.63) is 34.9 Å². The molecule has 2 nitrogen and oxygen atoms in total. The van der Waals surface area contributed by atoms with E-state index in [0.717, 1.165) is 13.1 Å². The van der Waals surface area contributed by atoms with Crippen molar-refractivity contribution in [1.29, 1.82) is 0 Å². The van der Waals surface area contributed by atoms with E-state index >= 15 is 0 Å². The van der Waals surface area contributed by atoms with Crippen molar-refractivity contribution in [2.24, 2.45) is 5.41 Å². The monoisotopic (exact) mass is 288 g/mol. The Morgan fingerprint density at radius 1 is 1.29 bits per heavy atom. The number of rotatable bonds is 5. The van der Waals surface area contributed by atoms with E-state index < -0.39 is 0 Å². The first kappa shape index (κ1) is 16.5. The minimum Gasteiger partial charge on any atom is -0.309 e. The van der Waals surface area contributed by atoms with E-state index in [2.05, 4.69) is 63.0 Å². The predicted octanol–water partition coefficient (Wildman–Crippen LogP) is 4.08. The zero-order valence-corrected chi connectivity index (χ0v) is 14.5. The fraction of sp³-hybridized carbons (Fsp3) is 0.684. The van der Waals surface area contributed by atoms with Crippen molar-refractivity contribution in [2.75, 3.05) is 26.2 Å². The zero-order chi connectivity index (χ0) is 15.5. The lowest BCUT2D eigenvalue weighted by Gasteiger charge is -2.40. The third kappa shape index (κ3) is 4.55. The molecule has 1 saturated heterocycles.